The van der Waals surface area contributed by atoms with E-state index in [1.54, 1.807) is 0 Å². The van der Waals surface area contributed by atoms with Gasteiger partial charge in [0.15, 0.2) is 18.9 Å². The number of carbonyl (C=O) groups excluding carboxylic acids is 1. The van der Waals surface area contributed by atoms with Crippen LogP contribution in [-0.4, -0.2) is 193 Å². The van der Waals surface area contributed by atoms with Gasteiger partial charge in [0.25, 0.3) is 0 Å². The molecule has 0 aliphatic carbocycles. The van der Waals surface area contributed by atoms with Crippen molar-refractivity contribution < 1.29 is 89.4 Å². The molecule has 19 heteroatoms. The van der Waals surface area contributed by atoms with E-state index < -0.39 is 124 Å². The Balaban J connectivity index is 1.45. The van der Waals surface area contributed by atoms with Gasteiger partial charge in [0.05, 0.1) is 38.6 Å². The molecule has 12 N–H and O–H groups in total. The maximum atomic E-state index is 13.4. The Morgan fingerprint density at radius 3 is 1.20 bits per heavy atom. The fourth-order valence-corrected chi connectivity index (χ4v) is 10.3. The Morgan fingerprint density at radius 1 is 0.425 bits per heavy atom. The molecule has 3 rings (SSSR count). The lowest BCUT2D eigenvalue weighted by Gasteiger charge is -2.48. The molecule has 3 fully saturated rings. The maximum Gasteiger partial charge on any atom is 0.220 e. The molecule has 1 amide bonds. The third kappa shape index (κ3) is 31.8. The summed E-state index contributed by atoms with van der Waals surface area (Å²) in [6, 6.07) is -0.925. The first-order valence-electron chi connectivity index (χ1n) is 32.6. The molecule has 0 radical (unpaired) electrons. The maximum absolute atomic E-state index is 13.4. The number of ether oxygens (including phenoxy) is 6. The summed E-state index contributed by atoms with van der Waals surface area (Å²) in [6.07, 6.45) is 37.5. The average Bonchev–Trinajstić information content (AvgIpc) is 1.69. The summed E-state index contributed by atoms with van der Waals surface area (Å²) in [5, 5.41) is 120. The summed E-state index contributed by atoms with van der Waals surface area (Å²) < 4.78 is 34.3. The molecule has 3 heterocycles. The zero-order valence-corrected chi connectivity index (χ0v) is 52.2. The van der Waals surface area contributed by atoms with Gasteiger partial charge < -0.3 is 89.9 Å². The molecule has 0 aromatic rings. The van der Waals surface area contributed by atoms with Crippen LogP contribution in [-0.2, 0) is 33.2 Å². The minimum atomic E-state index is -1.98. The minimum absolute atomic E-state index is 0.179. The molecule has 498 valence electrons. The summed E-state index contributed by atoms with van der Waals surface area (Å²) >= 11 is 0. The predicted octanol–water partition coefficient (Wildman–Crippen LogP) is 7.49. The van der Waals surface area contributed by atoms with Gasteiger partial charge in [0.1, 0.15) is 73.2 Å². The lowest BCUT2D eigenvalue weighted by atomic mass is 9.96. The summed E-state index contributed by atoms with van der Waals surface area (Å²) in [6.45, 7) is 1.60. The molecule has 3 aliphatic rings. The number of nitrogens with one attached hydrogen (secondary N) is 1. The molecule has 87 heavy (non-hydrogen) atoms. The highest BCUT2D eigenvalue weighted by atomic mass is 16.8. The number of aliphatic hydroxyl groups excluding tert-OH is 11. The van der Waals surface area contributed by atoms with Crippen molar-refractivity contribution in [2.45, 2.75) is 285 Å². The Labute approximate surface area is 519 Å². The van der Waals surface area contributed by atoms with Crippen LogP contribution in [0.4, 0.5) is 0 Å². The largest absolute Gasteiger partial charge is 0.394 e. The van der Waals surface area contributed by atoms with Crippen LogP contribution in [0.5, 0.6) is 0 Å². The second-order valence-corrected chi connectivity index (χ2v) is 22.8. The van der Waals surface area contributed by atoms with E-state index in [0.717, 1.165) is 77.0 Å². The predicted molar refractivity (Wildman–Crippen MR) is 337 cm³/mol. The lowest BCUT2D eigenvalue weighted by molar-refractivity contribution is -0.379. The monoisotopic (exact) mass is 1230 g/mol. The molecule has 17 unspecified atom stereocenters. The highest BCUT2D eigenvalue weighted by Gasteiger charge is 2.53. The number of amides is 1. The zero-order valence-electron chi connectivity index (χ0n) is 52.2. The smallest absolute Gasteiger partial charge is 0.220 e. The van der Waals surface area contributed by atoms with Crippen molar-refractivity contribution in [3.05, 3.63) is 109 Å². The highest BCUT2D eigenvalue weighted by molar-refractivity contribution is 5.76. The van der Waals surface area contributed by atoms with Gasteiger partial charge in [0.2, 0.25) is 5.91 Å². The Morgan fingerprint density at radius 2 is 0.782 bits per heavy atom. The summed E-state index contributed by atoms with van der Waals surface area (Å²) in [4.78, 5) is 13.4. The topological polar surface area (TPSA) is 307 Å². The summed E-state index contributed by atoms with van der Waals surface area (Å²) in [5.74, 6) is -0.306. The molecule has 3 aliphatic heterocycles. The van der Waals surface area contributed by atoms with Crippen molar-refractivity contribution in [2.75, 3.05) is 26.4 Å². The molecular weight excluding hydrogens is 1120 g/mol. The Kier molecular flexibility index (Phi) is 43.9. The lowest BCUT2D eigenvalue weighted by Crippen LogP contribution is -2.66. The van der Waals surface area contributed by atoms with Gasteiger partial charge in [-0.3, -0.25) is 4.79 Å². The summed E-state index contributed by atoms with van der Waals surface area (Å²) in [5.41, 5.74) is 0. The minimum Gasteiger partial charge on any atom is -0.394 e. The van der Waals surface area contributed by atoms with Gasteiger partial charge in [0, 0.05) is 6.42 Å². The number of allylic oxidation sites excluding steroid dienone is 18. The van der Waals surface area contributed by atoms with Crippen molar-refractivity contribution in [1.82, 2.24) is 5.32 Å². The fraction of sp³-hybridized carbons (Fsp3) is 0.721. The number of hydrogen-bond acceptors (Lipinski definition) is 18. The van der Waals surface area contributed by atoms with Gasteiger partial charge in [-0.05, 0) is 77.0 Å². The van der Waals surface area contributed by atoms with Crippen LogP contribution in [0, 0.1) is 0 Å². The first-order valence-corrected chi connectivity index (χ1v) is 32.6. The molecular formula is C68H113NO18. The Bertz CT molecular complexity index is 2000. The molecule has 3 saturated heterocycles. The molecule has 0 aromatic carbocycles. The third-order valence-corrected chi connectivity index (χ3v) is 15.6. The summed E-state index contributed by atoms with van der Waals surface area (Å²) in [7, 11) is 0. The first kappa shape index (κ1) is 77.7. The van der Waals surface area contributed by atoms with E-state index in [9.17, 15) is 61.0 Å². The van der Waals surface area contributed by atoms with Crippen molar-refractivity contribution in [3.63, 3.8) is 0 Å². The standard InChI is InChI=1S/C68H113NO18/c1-3-5-7-9-11-13-15-17-18-19-20-21-22-23-24-25-26-27-28-29-30-31-32-34-36-38-40-42-44-46-56(74)69-51(52(73)45-43-41-39-37-35-33-16-14-12-10-8-6-4-2)50-82-66-62(80)59(77)64(54(48-71)84-66)87-68-63(81)60(78)65(55(49-72)85-68)86-67-61(79)58(76)57(75)53(47-70)83-67/h5,7,11,13,17-18,20-21,23-24,26-27,29-30,32,34,38,40,51-55,57-68,70-73,75-81H,3-4,6,8-10,12,14-16,19,22,25,28,31,33,35-37,39,41-50H2,1-2H3,(H,69,74)/b7-5-,13-11-,18-17-,21-20-,24-23-,27-26-,30-29-,34-32-,40-38-. The van der Waals surface area contributed by atoms with Crippen molar-refractivity contribution >= 4 is 5.91 Å². The third-order valence-electron chi connectivity index (χ3n) is 15.6. The normalized spacial score (nSPS) is 29.3. The quantitative estimate of drug-likeness (QED) is 0.0207. The van der Waals surface area contributed by atoms with Crippen LogP contribution < -0.4 is 5.32 Å². The number of rotatable bonds is 47. The molecule has 0 saturated carbocycles. The number of aliphatic hydroxyl groups is 11. The van der Waals surface area contributed by atoms with E-state index in [0.29, 0.717) is 25.7 Å². The van der Waals surface area contributed by atoms with Crippen molar-refractivity contribution in [3.8, 4) is 0 Å². The highest BCUT2D eigenvalue weighted by Crippen LogP contribution is 2.33. The van der Waals surface area contributed by atoms with E-state index in [1.807, 2.05) is 6.08 Å². The van der Waals surface area contributed by atoms with Gasteiger partial charge in [-0.25, -0.2) is 0 Å². The first-order chi connectivity index (χ1) is 42.3. The van der Waals surface area contributed by atoms with Crippen LogP contribution >= 0.6 is 0 Å². The molecule has 0 spiro atoms. The van der Waals surface area contributed by atoms with Crippen LogP contribution in [0.25, 0.3) is 0 Å². The second-order valence-electron chi connectivity index (χ2n) is 22.8. The number of carbonyl (C=O) groups is 1. The van der Waals surface area contributed by atoms with Gasteiger partial charge in [-0.2, -0.15) is 0 Å². The molecule has 17 atom stereocenters. The van der Waals surface area contributed by atoms with E-state index in [2.05, 4.69) is 122 Å². The molecule has 19 nitrogen and oxygen atoms in total. The van der Waals surface area contributed by atoms with Gasteiger partial charge in [-0.15, -0.1) is 0 Å². The van der Waals surface area contributed by atoms with E-state index in [1.165, 1.54) is 57.8 Å². The average molecular weight is 1230 g/mol. The number of hydrogen-bond donors (Lipinski definition) is 12. The van der Waals surface area contributed by atoms with Crippen LogP contribution in [0.15, 0.2) is 109 Å². The molecule has 0 bridgehead atoms. The second kappa shape index (κ2) is 49.2. The van der Waals surface area contributed by atoms with E-state index in [-0.39, 0.29) is 18.9 Å². The fourth-order valence-electron chi connectivity index (χ4n) is 10.3. The Hall–Kier alpha value is -3.55. The van der Waals surface area contributed by atoms with Crippen molar-refractivity contribution in [2.24, 2.45) is 0 Å². The number of unbranched alkanes of at least 4 members (excludes halogenated alkanes) is 13. The van der Waals surface area contributed by atoms with Crippen LogP contribution in [0.1, 0.15) is 181 Å². The van der Waals surface area contributed by atoms with Crippen LogP contribution in [0.3, 0.4) is 0 Å². The van der Waals surface area contributed by atoms with Crippen LogP contribution in [0.2, 0.25) is 0 Å². The SMILES string of the molecule is CC/C=C\C/C=C\C/C=C\C/C=C\C/C=C\C/C=C\C/C=C\C/C=C\C/C=C\CCCC(=O)NC(COC1OC(CO)C(OC2OC(CO)C(OC3OC(CO)C(O)C(O)C3O)C(O)C2O)C(O)C1O)C(O)CCCCCCCCCCCCCCC. The van der Waals surface area contributed by atoms with Gasteiger partial charge in [-0.1, -0.05) is 207 Å². The molecule has 0 aromatic heterocycles. The van der Waals surface area contributed by atoms with Crippen molar-refractivity contribution in [1.29, 1.82) is 0 Å². The van der Waals surface area contributed by atoms with E-state index >= 15 is 0 Å². The zero-order chi connectivity index (χ0) is 63.3. The van der Waals surface area contributed by atoms with E-state index in [4.69, 9.17) is 28.4 Å². The van der Waals surface area contributed by atoms with Gasteiger partial charge >= 0.3 is 0 Å².